The average Bonchev–Trinajstić information content (AvgIpc) is 2.47. The molecule has 0 aliphatic heterocycles. The molecule has 0 atom stereocenters. The van der Waals surface area contributed by atoms with E-state index in [4.69, 9.17) is 16.3 Å². The first-order valence-electron chi connectivity index (χ1n) is 6.70. The first-order chi connectivity index (χ1) is 10.2. The molecule has 1 aromatic heterocycles. The molecule has 0 spiro atoms. The number of rotatable bonds is 7. The lowest BCUT2D eigenvalue weighted by atomic mass is 10.2. The Morgan fingerprint density at radius 2 is 2.10 bits per heavy atom. The van der Waals surface area contributed by atoms with Crippen molar-refractivity contribution in [2.24, 2.45) is 0 Å². The van der Waals surface area contributed by atoms with Crippen molar-refractivity contribution < 1.29 is 4.74 Å². The van der Waals surface area contributed by atoms with Crippen molar-refractivity contribution in [2.45, 2.75) is 24.3 Å². The van der Waals surface area contributed by atoms with Gasteiger partial charge in [0.2, 0.25) is 0 Å². The van der Waals surface area contributed by atoms with E-state index in [0.717, 1.165) is 33.7 Å². The van der Waals surface area contributed by atoms with Crippen molar-refractivity contribution in [1.82, 2.24) is 9.97 Å². The summed E-state index contributed by atoms with van der Waals surface area (Å²) in [6.45, 7) is 3.26. The minimum absolute atomic E-state index is 0.402. The summed E-state index contributed by atoms with van der Waals surface area (Å²) in [5, 5.41) is 4.90. The van der Waals surface area contributed by atoms with Gasteiger partial charge in [0.1, 0.15) is 17.5 Å². The van der Waals surface area contributed by atoms with Crippen molar-refractivity contribution >= 4 is 29.2 Å². The van der Waals surface area contributed by atoms with Crippen LogP contribution in [0.5, 0.6) is 0 Å². The molecular weight excluding hydrogens is 306 g/mol. The number of halogens is 1. The molecule has 0 fully saturated rings. The number of benzene rings is 1. The van der Waals surface area contributed by atoms with Gasteiger partial charge in [0.25, 0.3) is 0 Å². The van der Waals surface area contributed by atoms with Gasteiger partial charge in [0.05, 0.1) is 0 Å². The van der Waals surface area contributed by atoms with Crippen LogP contribution >= 0.6 is 23.4 Å². The second-order valence-corrected chi connectivity index (χ2v) is 5.75. The third-order valence-corrected chi connectivity index (χ3v) is 4.04. The van der Waals surface area contributed by atoms with E-state index >= 15 is 0 Å². The maximum absolute atomic E-state index is 6.17. The highest BCUT2D eigenvalue weighted by atomic mass is 35.5. The number of nitrogens with zero attached hydrogens (tertiary/aromatic N) is 2. The Bertz CT molecular complexity index is 571. The molecular formula is C15H18ClN3OS. The molecule has 4 nitrogen and oxygen atoms in total. The molecule has 0 bridgehead atoms. The number of hydrogen-bond donors (Lipinski definition) is 1. The minimum Gasteiger partial charge on any atom is -0.377 e. The molecule has 1 heterocycles. The zero-order chi connectivity index (χ0) is 15.1. The summed E-state index contributed by atoms with van der Waals surface area (Å²) in [6, 6.07) is 9.79. The van der Waals surface area contributed by atoms with Crippen LogP contribution in [-0.2, 0) is 17.1 Å². The normalized spacial score (nSPS) is 10.6. The summed E-state index contributed by atoms with van der Waals surface area (Å²) in [6.07, 6.45) is 0. The van der Waals surface area contributed by atoms with E-state index in [1.807, 2.05) is 37.3 Å². The van der Waals surface area contributed by atoms with Gasteiger partial charge in [-0.15, -0.1) is 11.8 Å². The van der Waals surface area contributed by atoms with Gasteiger partial charge in [-0.1, -0.05) is 29.8 Å². The van der Waals surface area contributed by atoms with Gasteiger partial charge in [-0.2, -0.15) is 0 Å². The van der Waals surface area contributed by atoms with Gasteiger partial charge >= 0.3 is 0 Å². The van der Waals surface area contributed by atoms with Crippen LogP contribution in [0.3, 0.4) is 0 Å². The van der Waals surface area contributed by atoms with Crippen LogP contribution in [0.1, 0.15) is 18.3 Å². The minimum atomic E-state index is 0.402. The quantitative estimate of drug-likeness (QED) is 0.616. The standard InChI is InChI=1S/C15H18ClN3OS/c1-3-17-13-8-15(19-14(18-13)9-20-2)21-10-11-6-4-5-7-12(11)16/h4-8H,3,9-10H2,1-2H3,(H,17,18,19). The number of aromatic nitrogens is 2. The highest BCUT2D eigenvalue weighted by molar-refractivity contribution is 7.98. The number of methoxy groups -OCH3 is 1. The van der Waals surface area contributed by atoms with Crippen LogP contribution in [0, 0.1) is 0 Å². The van der Waals surface area contributed by atoms with Gasteiger partial charge in [-0.25, -0.2) is 9.97 Å². The number of ether oxygens (including phenoxy) is 1. The van der Waals surface area contributed by atoms with Crippen LogP contribution in [0.2, 0.25) is 5.02 Å². The molecule has 21 heavy (non-hydrogen) atoms. The number of anilines is 1. The fourth-order valence-electron chi connectivity index (χ4n) is 1.78. The summed E-state index contributed by atoms with van der Waals surface area (Å²) >= 11 is 7.81. The summed E-state index contributed by atoms with van der Waals surface area (Å²) in [5.74, 6) is 2.27. The van der Waals surface area contributed by atoms with Crippen LogP contribution in [0.25, 0.3) is 0 Å². The molecule has 2 rings (SSSR count). The largest absolute Gasteiger partial charge is 0.377 e. The predicted octanol–water partition coefficient (Wildman–Crippen LogP) is 4.00. The fraction of sp³-hybridized carbons (Fsp3) is 0.333. The van der Waals surface area contributed by atoms with Gasteiger partial charge < -0.3 is 10.1 Å². The summed E-state index contributed by atoms with van der Waals surface area (Å²) in [7, 11) is 1.64. The molecule has 0 saturated carbocycles. The molecule has 1 N–H and O–H groups in total. The maximum atomic E-state index is 6.17. The number of nitrogens with one attached hydrogen (secondary N) is 1. The number of thioether (sulfide) groups is 1. The van der Waals surface area contributed by atoms with E-state index in [1.54, 1.807) is 18.9 Å². The third kappa shape index (κ3) is 4.88. The van der Waals surface area contributed by atoms with Crippen molar-refractivity contribution in [2.75, 3.05) is 19.0 Å². The Labute approximate surface area is 134 Å². The molecule has 2 aromatic rings. The second kappa shape index (κ2) is 8.22. The highest BCUT2D eigenvalue weighted by Gasteiger charge is 2.06. The lowest BCUT2D eigenvalue weighted by molar-refractivity contribution is 0.177. The van der Waals surface area contributed by atoms with Crippen LogP contribution in [0.15, 0.2) is 35.4 Å². The summed E-state index contributed by atoms with van der Waals surface area (Å²) in [5.41, 5.74) is 1.10. The van der Waals surface area contributed by atoms with E-state index in [9.17, 15) is 0 Å². The second-order valence-electron chi connectivity index (χ2n) is 4.35. The predicted molar refractivity (Wildman–Crippen MR) is 87.9 cm³/mol. The highest BCUT2D eigenvalue weighted by Crippen LogP contribution is 2.26. The monoisotopic (exact) mass is 323 g/mol. The van der Waals surface area contributed by atoms with Crippen molar-refractivity contribution in [3.05, 3.63) is 46.7 Å². The van der Waals surface area contributed by atoms with E-state index in [1.165, 1.54) is 0 Å². The SMILES string of the molecule is CCNc1cc(SCc2ccccc2Cl)nc(COC)n1. The number of hydrogen-bond acceptors (Lipinski definition) is 5. The summed E-state index contributed by atoms with van der Waals surface area (Å²) < 4.78 is 5.11. The van der Waals surface area contributed by atoms with Gasteiger partial charge in [0, 0.05) is 30.5 Å². The molecule has 0 aliphatic carbocycles. The van der Waals surface area contributed by atoms with Gasteiger partial charge in [-0.3, -0.25) is 0 Å². The first-order valence-corrected chi connectivity index (χ1v) is 8.06. The molecule has 0 amide bonds. The lowest BCUT2D eigenvalue weighted by Crippen LogP contribution is -2.05. The van der Waals surface area contributed by atoms with Crippen LogP contribution < -0.4 is 5.32 Å². The lowest BCUT2D eigenvalue weighted by Gasteiger charge is -2.09. The average molecular weight is 324 g/mol. The Morgan fingerprint density at radius 3 is 2.81 bits per heavy atom. The molecule has 6 heteroatoms. The van der Waals surface area contributed by atoms with E-state index in [-0.39, 0.29) is 0 Å². The van der Waals surface area contributed by atoms with E-state index in [2.05, 4.69) is 15.3 Å². The van der Waals surface area contributed by atoms with Crippen LogP contribution in [-0.4, -0.2) is 23.6 Å². The Hall–Kier alpha value is -1.30. The Kier molecular flexibility index (Phi) is 6.29. The zero-order valence-corrected chi connectivity index (χ0v) is 13.7. The van der Waals surface area contributed by atoms with E-state index in [0.29, 0.717) is 12.4 Å². The third-order valence-electron chi connectivity index (χ3n) is 2.71. The van der Waals surface area contributed by atoms with Crippen molar-refractivity contribution in [3.8, 4) is 0 Å². The van der Waals surface area contributed by atoms with Crippen molar-refractivity contribution in [1.29, 1.82) is 0 Å². The van der Waals surface area contributed by atoms with Gasteiger partial charge in [0.15, 0.2) is 5.82 Å². The molecule has 1 aromatic carbocycles. The molecule has 112 valence electrons. The van der Waals surface area contributed by atoms with E-state index < -0.39 is 0 Å². The van der Waals surface area contributed by atoms with Gasteiger partial charge in [-0.05, 0) is 18.6 Å². The van der Waals surface area contributed by atoms with Crippen LogP contribution in [0.4, 0.5) is 5.82 Å². The first kappa shape index (κ1) is 16.1. The molecule has 0 aliphatic rings. The summed E-state index contributed by atoms with van der Waals surface area (Å²) in [4.78, 5) is 8.89. The maximum Gasteiger partial charge on any atom is 0.157 e. The Balaban J connectivity index is 2.13. The molecule has 0 saturated heterocycles. The topological polar surface area (TPSA) is 47.0 Å². The molecule has 0 radical (unpaired) electrons. The zero-order valence-electron chi connectivity index (χ0n) is 12.1. The fourth-order valence-corrected chi connectivity index (χ4v) is 2.98. The smallest absolute Gasteiger partial charge is 0.157 e. The molecule has 0 unspecified atom stereocenters. The Morgan fingerprint density at radius 1 is 1.29 bits per heavy atom. The van der Waals surface area contributed by atoms with Crippen molar-refractivity contribution in [3.63, 3.8) is 0 Å².